The van der Waals surface area contributed by atoms with Gasteiger partial charge in [0.25, 0.3) is 5.91 Å². The van der Waals surface area contributed by atoms with Gasteiger partial charge in [0.1, 0.15) is 5.82 Å². The van der Waals surface area contributed by atoms with Crippen LogP contribution in [0.15, 0.2) is 0 Å². The van der Waals surface area contributed by atoms with Gasteiger partial charge in [-0.3, -0.25) is 9.89 Å². The standard InChI is InChI=1S/C12H22N4O2S/c1-12(2,3)11-14-9(15-16-11)10(18)13-5-8-19-7-4-6-17/h17H,4-8H2,1-3H3,(H,13,18)(H,14,15,16). The largest absolute Gasteiger partial charge is 0.396 e. The van der Waals surface area contributed by atoms with Crippen molar-refractivity contribution in [3.05, 3.63) is 11.6 Å². The first-order valence-electron chi connectivity index (χ1n) is 6.35. The molecule has 0 saturated carbocycles. The van der Waals surface area contributed by atoms with E-state index in [2.05, 4.69) is 20.5 Å². The molecule has 1 aromatic rings. The number of nitrogens with one attached hydrogen (secondary N) is 2. The number of rotatable bonds is 7. The normalized spacial score (nSPS) is 11.6. The molecule has 1 aromatic heterocycles. The van der Waals surface area contributed by atoms with Gasteiger partial charge < -0.3 is 10.4 Å². The van der Waals surface area contributed by atoms with Crippen LogP contribution in [-0.2, 0) is 5.41 Å². The van der Waals surface area contributed by atoms with Crippen molar-refractivity contribution in [2.45, 2.75) is 32.6 Å². The van der Waals surface area contributed by atoms with Crippen molar-refractivity contribution in [2.75, 3.05) is 24.7 Å². The zero-order valence-electron chi connectivity index (χ0n) is 11.7. The highest BCUT2D eigenvalue weighted by Crippen LogP contribution is 2.17. The summed E-state index contributed by atoms with van der Waals surface area (Å²) in [7, 11) is 0. The fourth-order valence-corrected chi connectivity index (χ4v) is 2.07. The van der Waals surface area contributed by atoms with Crippen LogP contribution in [0, 0.1) is 0 Å². The van der Waals surface area contributed by atoms with E-state index in [9.17, 15) is 4.79 Å². The Morgan fingerprint density at radius 3 is 2.74 bits per heavy atom. The van der Waals surface area contributed by atoms with Gasteiger partial charge in [0.2, 0.25) is 5.82 Å². The van der Waals surface area contributed by atoms with E-state index < -0.39 is 0 Å². The van der Waals surface area contributed by atoms with E-state index in [-0.39, 0.29) is 23.8 Å². The molecular formula is C12H22N4O2S. The minimum Gasteiger partial charge on any atom is -0.396 e. The molecule has 0 spiro atoms. The lowest BCUT2D eigenvalue weighted by Gasteiger charge is -2.12. The number of H-pyrrole nitrogens is 1. The van der Waals surface area contributed by atoms with Crippen LogP contribution in [-0.4, -0.2) is 50.9 Å². The number of aromatic amines is 1. The summed E-state index contributed by atoms with van der Waals surface area (Å²) in [6.45, 7) is 6.81. The quantitative estimate of drug-likeness (QED) is 0.649. The Balaban J connectivity index is 2.32. The second-order valence-electron chi connectivity index (χ2n) is 5.20. The fourth-order valence-electron chi connectivity index (χ4n) is 1.28. The van der Waals surface area contributed by atoms with Crippen molar-refractivity contribution in [1.82, 2.24) is 20.5 Å². The van der Waals surface area contributed by atoms with Gasteiger partial charge in [-0.2, -0.15) is 11.8 Å². The van der Waals surface area contributed by atoms with Gasteiger partial charge in [-0.25, -0.2) is 4.98 Å². The van der Waals surface area contributed by atoms with Gasteiger partial charge in [0.15, 0.2) is 0 Å². The highest BCUT2D eigenvalue weighted by Gasteiger charge is 2.20. The molecular weight excluding hydrogens is 264 g/mol. The molecule has 0 bridgehead atoms. The van der Waals surface area contributed by atoms with Crippen LogP contribution < -0.4 is 5.32 Å². The molecule has 0 fully saturated rings. The number of aromatic nitrogens is 3. The van der Waals surface area contributed by atoms with Crippen LogP contribution in [0.3, 0.4) is 0 Å². The van der Waals surface area contributed by atoms with Crippen LogP contribution in [0.25, 0.3) is 0 Å². The summed E-state index contributed by atoms with van der Waals surface area (Å²) in [5.41, 5.74) is -0.147. The molecule has 1 amide bonds. The Hall–Kier alpha value is -1.08. The van der Waals surface area contributed by atoms with Gasteiger partial charge in [-0.1, -0.05) is 20.8 Å². The molecule has 0 saturated heterocycles. The Kier molecular flexibility index (Phi) is 6.30. The van der Waals surface area contributed by atoms with E-state index in [4.69, 9.17) is 5.11 Å². The maximum absolute atomic E-state index is 11.8. The number of thioether (sulfide) groups is 1. The molecule has 1 heterocycles. The number of carbonyl (C=O) groups is 1. The molecule has 0 aliphatic carbocycles. The minimum absolute atomic E-state index is 0.147. The van der Waals surface area contributed by atoms with Crippen molar-refractivity contribution < 1.29 is 9.90 Å². The van der Waals surface area contributed by atoms with Crippen LogP contribution in [0.1, 0.15) is 43.6 Å². The predicted octanol–water partition coefficient (Wildman–Crippen LogP) is 0.948. The molecule has 7 heteroatoms. The van der Waals surface area contributed by atoms with Crippen LogP contribution in [0.5, 0.6) is 0 Å². The third kappa shape index (κ3) is 5.61. The van der Waals surface area contributed by atoms with Gasteiger partial charge >= 0.3 is 0 Å². The third-order valence-corrected chi connectivity index (χ3v) is 3.45. The summed E-state index contributed by atoms with van der Waals surface area (Å²) in [4.78, 5) is 16.0. The Labute approximate surface area is 117 Å². The van der Waals surface area contributed by atoms with E-state index in [1.165, 1.54) is 0 Å². The zero-order chi connectivity index (χ0) is 14.3. The van der Waals surface area contributed by atoms with E-state index in [0.717, 1.165) is 17.9 Å². The predicted molar refractivity (Wildman–Crippen MR) is 76.4 cm³/mol. The number of aliphatic hydroxyl groups is 1. The summed E-state index contributed by atoms with van der Waals surface area (Å²) in [6, 6.07) is 0. The van der Waals surface area contributed by atoms with Gasteiger partial charge in [-0.15, -0.1) is 5.10 Å². The first-order chi connectivity index (χ1) is 8.95. The summed E-state index contributed by atoms with van der Waals surface area (Å²) in [5.74, 6) is 2.36. The molecule has 108 valence electrons. The topological polar surface area (TPSA) is 90.9 Å². The monoisotopic (exact) mass is 286 g/mol. The van der Waals surface area contributed by atoms with Crippen LogP contribution in [0.4, 0.5) is 0 Å². The van der Waals surface area contributed by atoms with Gasteiger partial charge in [0, 0.05) is 24.3 Å². The minimum atomic E-state index is -0.255. The Morgan fingerprint density at radius 1 is 1.42 bits per heavy atom. The average molecular weight is 286 g/mol. The average Bonchev–Trinajstić information content (AvgIpc) is 2.82. The number of amides is 1. The lowest BCUT2D eigenvalue weighted by molar-refractivity contribution is 0.0946. The van der Waals surface area contributed by atoms with E-state index in [1.54, 1.807) is 11.8 Å². The number of nitrogens with zero attached hydrogens (tertiary/aromatic N) is 2. The van der Waals surface area contributed by atoms with Crippen molar-refractivity contribution in [2.24, 2.45) is 0 Å². The first kappa shape index (κ1) is 16.0. The first-order valence-corrected chi connectivity index (χ1v) is 7.50. The van der Waals surface area contributed by atoms with Gasteiger partial charge in [-0.05, 0) is 12.2 Å². The molecule has 0 unspecified atom stereocenters. The second-order valence-corrected chi connectivity index (χ2v) is 6.43. The SMILES string of the molecule is CC(C)(C)c1nc(C(=O)NCCSCCCO)n[nH]1. The smallest absolute Gasteiger partial charge is 0.290 e. The van der Waals surface area contributed by atoms with Crippen LogP contribution >= 0.6 is 11.8 Å². The molecule has 1 rings (SSSR count). The molecule has 3 N–H and O–H groups in total. The van der Waals surface area contributed by atoms with Crippen molar-refractivity contribution in [3.8, 4) is 0 Å². The lowest BCUT2D eigenvalue weighted by Crippen LogP contribution is -2.27. The molecule has 0 aliphatic rings. The third-order valence-electron chi connectivity index (χ3n) is 2.38. The fraction of sp³-hybridized carbons (Fsp3) is 0.750. The van der Waals surface area contributed by atoms with Crippen molar-refractivity contribution in [3.63, 3.8) is 0 Å². The molecule has 6 nitrogen and oxygen atoms in total. The summed E-state index contributed by atoms with van der Waals surface area (Å²) >= 11 is 1.70. The zero-order valence-corrected chi connectivity index (χ0v) is 12.5. The van der Waals surface area contributed by atoms with E-state index in [1.807, 2.05) is 20.8 Å². The molecule has 19 heavy (non-hydrogen) atoms. The number of aliphatic hydroxyl groups excluding tert-OH is 1. The van der Waals surface area contributed by atoms with E-state index in [0.29, 0.717) is 12.4 Å². The summed E-state index contributed by atoms with van der Waals surface area (Å²) in [5, 5.41) is 18.1. The number of carbonyl (C=O) groups excluding carboxylic acids is 1. The number of hydrogen-bond donors (Lipinski definition) is 3. The summed E-state index contributed by atoms with van der Waals surface area (Å²) in [6.07, 6.45) is 0.786. The Morgan fingerprint density at radius 2 is 2.16 bits per heavy atom. The summed E-state index contributed by atoms with van der Waals surface area (Å²) < 4.78 is 0. The maximum atomic E-state index is 11.8. The Bertz CT molecular complexity index is 401. The molecule has 0 aliphatic heterocycles. The molecule has 0 radical (unpaired) electrons. The molecule has 0 atom stereocenters. The second kappa shape index (κ2) is 7.49. The molecule has 0 aromatic carbocycles. The maximum Gasteiger partial charge on any atom is 0.290 e. The highest BCUT2D eigenvalue weighted by molar-refractivity contribution is 7.99. The van der Waals surface area contributed by atoms with Crippen LogP contribution in [0.2, 0.25) is 0 Å². The highest BCUT2D eigenvalue weighted by atomic mass is 32.2. The van der Waals surface area contributed by atoms with Crippen molar-refractivity contribution in [1.29, 1.82) is 0 Å². The number of hydrogen-bond acceptors (Lipinski definition) is 5. The van der Waals surface area contributed by atoms with Crippen molar-refractivity contribution >= 4 is 17.7 Å². The van der Waals surface area contributed by atoms with E-state index >= 15 is 0 Å². The van der Waals surface area contributed by atoms with Gasteiger partial charge in [0.05, 0.1) is 0 Å². The lowest BCUT2D eigenvalue weighted by atomic mass is 9.96.